The molecular formula is C14H28NO4Si. The molecule has 0 aromatic heterocycles. The Labute approximate surface area is 123 Å². The van der Waals surface area contributed by atoms with Crippen LogP contribution in [0.15, 0.2) is 0 Å². The third-order valence-corrected chi connectivity index (χ3v) is 5.31. The van der Waals surface area contributed by atoms with Crippen molar-refractivity contribution in [2.45, 2.75) is 51.8 Å². The summed E-state index contributed by atoms with van der Waals surface area (Å²) in [6.07, 6.45) is 2.35. The topological polar surface area (TPSA) is 48.0 Å². The van der Waals surface area contributed by atoms with E-state index in [-0.39, 0.29) is 11.5 Å². The van der Waals surface area contributed by atoms with Crippen LogP contribution >= 0.6 is 0 Å². The molecule has 0 aromatic rings. The highest BCUT2D eigenvalue weighted by Crippen LogP contribution is 2.21. The van der Waals surface area contributed by atoms with Gasteiger partial charge in [0, 0.05) is 20.1 Å². The molecule has 117 valence electrons. The van der Waals surface area contributed by atoms with Crippen LogP contribution in [-0.2, 0) is 18.4 Å². The van der Waals surface area contributed by atoms with Gasteiger partial charge in [-0.3, -0.25) is 4.79 Å². The smallest absolute Gasteiger partial charge is 0.331 e. The van der Waals surface area contributed by atoms with Crippen molar-refractivity contribution in [1.29, 1.82) is 0 Å². The SMILES string of the molecule is CO[Si](C)(C)OCCOC(C)(C)C[CH]N1CCCC1=O. The van der Waals surface area contributed by atoms with E-state index in [9.17, 15) is 4.79 Å². The lowest BCUT2D eigenvalue weighted by Gasteiger charge is -2.28. The normalized spacial score (nSPS) is 17.1. The van der Waals surface area contributed by atoms with Crippen molar-refractivity contribution in [3.8, 4) is 0 Å². The van der Waals surface area contributed by atoms with Gasteiger partial charge in [0.2, 0.25) is 5.91 Å². The van der Waals surface area contributed by atoms with Crippen molar-refractivity contribution >= 4 is 14.5 Å². The molecule has 0 spiro atoms. The Hall–Kier alpha value is -0.433. The van der Waals surface area contributed by atoms with Crippen LogP contribution in [0.5, 0.6) is 0 Å². The number of carbonyl (C=O) groups is 1. The number of ether oxygens (including phenoxy) is 1. The summed E-state index contributed by atoms with van der Waals surface area (Å²) in [5.74, 6) is 0.219. The van der Waals surface area contributed by atoms with Crippen LogP contribution in [0.25, 0.3) is 0 Å². The second-order valence-electron chi connectivity index (χ2n) is 6.14. The van der Waals surface area contributed by atoms with Gasteiger partial charge in [-0.15, -0.1) is 0 Å². The zero-order valence-corrected chi connectivity index (χ0v) is 14.4. The van der Waals surface area contributed by atoms with Crippen LogP contribution in [-0.4, -0.2) is 51.8 Å². The Bertz CT molecular complexity index is 320. The highest BCUT2D eigenvalue weighted by atomic mass is 28.4. The summed E-state index contributed by atoms with van der Waals surface area (Å²) in [6.45, 7) is 11.9. The molecule has 0 N–H and O–H groups in total. The predicted molar refractivity (Wildman–Crippen MR) is 80.3 cm³/mol. The minimum atomic E-state index is -1.96. The number of hydrogen-bond acceptors (Lipinski definition) is 4. The van der Waals surface area contributed by atoms with Crippen molar-refractivity contribution in [2.24, 2.45) is 0 Å². The van der Waals surface area contributed by atoms with Crippen molar-refractivity contribution in [1.82, 2.24) is 4.90 Å². The molecule has 1 aliphatic rings. The fourth-order valence-electron chi connectivity index (χ4n) is 1.92. The molecule has 1 rings (SSSR count). The monoisotopic (exact) mass is 302 g/mol. The zero-order chi connectivity index (χ0) is 15.2. The molecule has 1 amide bonds. The standard InChI is InChI=1S/C14H28NO4Si/c1-14(2,8-10-15-9-6-7-13(15)16)18-11-12-19-20(4,5)17-3/h10H,6-9,11-12H2,1-5H3. The minimum absolute atomic E-state index is 0.219. The van der Waals surface area contributed by atoms with Crippen LogP contribution < -0.4 is 0 Å². The number of rotatable bonds is 9. The van der Waals surface area contributed by atoms with Crippen LogP contribution in [0.2, 0.25) is 13.1 Å². The lowest BCUT2D eigenvalue weighted by Crippen LogP contribution is -2.36. The van der Waals surface area contributed by atoms with E-state index in [1.807, 2.05) is 38.4 Å². The van der Waals surface area contributed by atoms with Gasteiger partial charge in [-0.05, 0) is 39.8 Å². The molecule has 0 aliphatic carbocycles. The molecule has 0 atom stereocenters. The number of likely N-dealkylation sites (tertiary alicyclic amines) is 1. The van der Waals surface area contributed by atoms with E-state index in [0.29, 0.717) is 19.6 Å². The number of amides is 1. The second-order valence-corrected chi connectivity index (χ2v) is 9.63. The maximum Gasteiger partial charge on any atom is 0.331 e. The fourth-order valence-corrected chi connectivity index (χ4v) is 2.61. The van der Waals surface area contributed by atoms with E-state index in [2.05, 4.69) is 0 Å². The van der Waals surface area contributed by atoms with Gasteiger partial charge in [0.15, 0.2) is 0 Å². The van der Waals surface area contributed by atoms with E-state index in [4.69, 9.17) is 13.6 Å². The number of carbonyl (C=O) groups excluding carboxylic acids is 1. The molecule has 0 aromatic carbocycles. The minimum Gasteiger partial charge on any atom is -0.398 e. The molecule has 20 heavy (non-hydrogen) atoms. The predicted octanol–water partition coefficient (Wildman–Crippen LogP) is 2.32. The lowest BCUT2D eigenvalue weighted by atomic mass is 10.1. The van der Waals surface area contributed by atoms with E-state index >= 15 is 0 Å². The lowest BCUT2D eigenvalue weighted by molar-refractivity contribution is -0.126. The first kappa shape index (κ1) is 17.6. The van der Waals surface area contributed by atoms with Crippen LogP contribution in [0.4, 0.5) is 0 Å². The third kappa shape index (κ3) is 6.34. The van der Waals surface area contributed by atoms with E-state index in [1.54, 1.807) is 7.11 Å². The summed E-state index contributed by atoms with van der Waals surface area (Å²) in [7, 11) is -0.284. The Balaban J connectivity index is 2.19. The summed E-state index contributed by atoms with van der Waals surface area (Å²) in [5, 5.41) is 0. The van der Waals surface area contributed by atoms with Gasteiger partial charge in [0.05, 0.1) is 25.4 Å². The molecule has 1 aliphatic heterocycles. The average Bonchev–Trinajstić information content (AvgIpc) is 2.78. The Kier molecular flexibility index (Phi) is 6.64. The first-order valence-electron chi connectivity index (χ1n) is 7.22. The van der Waals surface area contributed by atoms with Gasteiger partial charge in [-0.1, -0.05) is 0 Å². The second kappa shape index (κ2) is 7.54. The number of nitrogens with zero attached hydrogens (tertiary/aromatic N) is 1. The highest BCUT2D eigenvalue weighted by Gasteiger charge is 2.26. The molecule has 0 saturated carbocycles. The Morgan fingerprint density at radius 3 is 2.60 bits per heavy atom. The number of hydrogen-bond donors (Lipinski definition) is 0. The molecule has 0 bridgehead atoms. The van der Waals surface area contributed by atoms with Gasteiger partial charge >= 0.3 is 8.56 Å². The molecule has 1 radical (unpaired) electrons. The fraction of sp³-hybridized carbons (Fsp3) is 0.857. The van der Waals surface area contributed by atoms with E-state index in [0.717, 1.165) is 19.4 Å². The van der Waals surface area contributed by atoms with Crippen molar-refractivity contribution in [3.63, 3.8) is 0 Å². The third-order valence-electron chi connectivity index (χ3n) is 3.43. The van der Waals surface area contributed by atoms with Crippen LogP contribution in [0.3, 0.4) is 0 Å². The quantitative estimate of drug-likeness (QED) is 0.484. The van der Waals surface area contributed by atoms with Gasteiger partial charge in [0.1, 0.15) is 0 Å². The van der Waals surface area contributed by atoms with Crippen LogP contribution in [0.1, 0.15) is 33.1 Å². The molecule has 1 saturated heterocycles. The Morgan fingerprint density at radius 2 is 2.05 bits per heavy atom. The molecule has 0 unspecified atom stereocenters. The van der Waals surface area contributed by atoms with Gasteiger partial charge in [-0.25, -0.2) is 0 Å². The Morgan fingerprint density at radius 1 is 1.35 bits per heavy atom. The first-order valence-corrected chi connectivity index (χ1v) is 10.0. The summed E-state index contributed by atoms with van der Waals surface area (Å²) < 4.78 is 16.8. The van der Waals surface area contributed by atoms with Crippen molar-refractivity contribution < 1.29 is 18.4 Å². The maximum atomic E-state index is 11.5. The van der Waals surface area contributed by atoms with Crippen molar-refractivity contribution in [2.75, 3.05) is 26.9 Å². The summed E-state index contributed by atoms with van der Waals surface area (Å²) in [6, 6.07) is 0. The van der Waals surface area contributed by atoms with Gasteiger partial charge in [-0.2, -0.15) is 0 Å². The average molecular weight is 302 g/mol. The summed E-state index contributed by atoms with van der Waals surface area (Å²) >= 11 is 0. The van der Waals surface area contributed by atoms with Gasteiger partial charge < -0.3 is 18.5 Å². The molecular weight excluding hydrogens is 274 g/mol. The zero-order valence-electron chi connectivity index (χ0n) is 13.4. The molecule has 1 fully saturated rings. The summed E-state index contributed by atoms with van der Waals surface area (Å²) in [4.78, 5) is 13.3. The van der Waals surface area contributed by atoms with Crippen LogP contribution in [0, 0.1) is 6.54 Å². The van der Waals surface area contributed by atoms with Gasteiger partial charge in [0.25, 0.3) is 0 Å². The molecule has 1 heterocycles. The van der Waals surface area contributed by atoms with Crippen molar-refractivity contribution in [3.05, 3.63) is 6.54 Å². The highest BCUT2D eigenvalue weighted by molar-refractivity contribution is 6.64. The summed E-state index contributed by atoms with van der Waals surface area (Å²) in [5.41, 5.74) is -0.287. The maximum absolute atomic E-state index is 11.5. The first-order chi connectivity index (χ1) is 9.26. The molecule has 6 heteroatoms. The molecule has 5 nitrogen and oxygen atoms in total. The largest absolute Gasteiger partial charge is 0.398 e. The van der Waals surface area contributed by atoms with E-state index < -0.39 is 8.56 Å². The van der Waals surface area contributed by atoms with E-state index in [1.165, 1.54) is 0 Å².